The normalized spacial score (nSPS) is 11.6. The Kier molecular flexibility index (Phi) is 5.43. The lowest BCUT2D eigenvalue weighted by Gasteiger charge is -2.17. The van der Waals surface area contributed by atoms with Crippen LogP contribution in [0.2, 0.25) is 0 Å². The van der Waals surface area contributed by atoms with E-state index in [4.69, 9.17) is 10.5 Å². The van der Waals surface area contributed by atoms with E-state index < -0.39 is 6.04 Å². The minimum atomic E-state index is -0.545. The van der Waals surface area contributed by atoms with Gasteiger partial charge in [-0.1, -0.05) is 42.5 Å². The van der Waals surface area contributed by atoms with Crippen LogP contribution >= 0.6 is 0 Å². The first-order chi connectivity index (χ1) is 12.7. The molecule has 3 N–H and O–H groups in total. The molecule has 0 unspecified atom stereocenters. The van der Waals surface area contributed by atoms with Crippen LogP contribution in [0.1, 0.15) is 5.56 Å². The number of carbonyl (C=O) groups is 1. The van der Waals surface area contributed by atoms with Crippen molar-refractivity contribution in [1.29, 1.82) is 0 Å². The van der Waals surface area contributed by atoms with E-state index in [0.29, 0.717) is 17.9 Å². The summed E-state index contributed by atoms with van der Waals surface area (Å²) in [6, 6.07) is 18.4. The Bertz CT molecular complexity index is 866. The highest BCUT2D eigenvalue weighted by Gasteiger charge is 2.20. The van der Waals surface area contributed by atoms with E-state index in [1.165, 1.54) is 13.4 Å². The molecule has 26 heavy (non-hydrogen) atoms. The van der Waals surface area contributed by atoms with Crippen LogP contribution in [0.25, 0.3) is 11.3 Å². The Morgan fingerprint density at radius 1 is 1.12 bits per heavy atom. The summed E-state index contributed by atoms with van der Waals surface area (Å²) in [4.78, 5) is 20.7. The standard InChI is InChI=1S/C20H20N4O2/c1-26-20(25)18(11-14-5-3-2-4-6-14)24-19-12-17(22-13-23-19)15-7-9-16(21)10-8-15/h2-10,12-13,18H,11,21H2,1H3,(H,22,23,24)/t18-/m0/s1. The smallest absolute Gasteiger partial charge is 0.328 e. The SMILES string of the molecule is COC(=O)[C@H](Cc1ccccc1)Nc1cc(-c2ccc(N)cc2)ncn1. The van der Waals surface area contributed by atoms with E-state index in [1.807, 2.05) is 54.6 Å². The molecule has 3 rings (SSSR count). The van der Waals surface area contributed by atoms with Gasteiger partial charge < -0.3 is 15.8 Å². The quantitative estimate of drug-likeness (QED) is 0.526. The molecule has 132 valence electrons. The maximum absolute atomic E-state index is 12.2. The molecule has 0 spiro atoms. The molecule has 2 aromatic carbocycles. The van der Waals surface area contributed by atoms with Crippen molar-refractivity contribution in [3.05, 3.63) is 72.6 Å². The van der Waals surface area contributed by atoms with Gasteiger partial charge in [0.15, 0.2) is 0 Å². The molecule has 0 amide bonds. The first-order valence-corrected chi connectivity index (χ1v) is 8.22. The first kappa shape index (κ1) is 17.4. The zero-order valence-electron chi connectivity index (χ0n) is 14.4. The number of hydrogen-bond donors (Lipinski definition) is 2. The van der Waals surface area contributed by atoms with Crippen LogP contribution in [-0.4, -0.2) is 29.1 Å². The lowest BCUT2D eigenvalue weighted by molar-refractivity contribution is -0.141. The fraction of sp³-hybridized carbons (Fsp3) is 0.150. The maximum Gasteiger partial charge on any atom is 0.328 e. The van der Waals surface area contributed by atoms with Gasteiger partial charge in [-0.3, -0.25) is 0 Å². The van der Waals surface area contributed by atoms with Crippen molar-refractivity contribution >= 4 is 17.5 Å². The lowest BCUT2D eigenvalue weighted by atomic mass is 10.1. The van der Waals surface area contributed by atoms with Crippen LogP contribution in [0.3, 0.4) is 0 Å². The van der Waals surface area contributed by atoms with Gasteiger partial charge in [-0.25, -0.2) is 14.8 Å². The average molecular weight is 348 g/mol. The molecule has 0 aliphatic heterocycles. The molecular weight excluding hydrogens is 328 g/mol. The molecule has 6 heteroatoms. The summed E-state index contributed by atoms with van der Waals surface area (Å²) >= 11 is 0. The Hall–Kier alpha value is -3.41. The summed E-state index contributed by atoms with van der Waals surface area (Å²) in [5.74, 6) is 0.208. The zero-order valence-corrected chi connectivity index (χ0v) is 14.4. The molecule has 1 aromatic heterocycles. The summed E-state index contributed by atoms with van der Waals surface area (Å²) in [5, 5.41) is 3.15. The molecule has 0 saturated carbocycles. The third-order valence-electron chi connectivity index (χ3n) is 3.96. The number of rotatable bonds is 6. The van der Waals surface area contributed by atoms with Crippen LogP contribution in [0, 0.1) is 0 Å². The van der Waals surface area contributed by atoms with E-state index in [0.717, 1.165) is 16.8 Å². The highest BCUT2D eigenvalue weighted by molar-refractivity contribution is 5.79. The van der Waals surface area contributed by atoms with Crippen molar-refractivity contribution in [3.63, 3.8) is 0 Å². The molecule has 0 aliphatic carbocycles. The van der Waals surface area contributed by atoms with Gasteiger partial charge in [0.2, 0.25) is 0 Å². The highest BCUT2D eigenvalue weighted by Crippen LogP contribution is 2.20. The van der Waals surface area contributed by atoms with E-state index in [9.17, 15) is 4.79 Å². The van der Waals surface area contributed by atoms with Crippen molar-refractivity contribution in [1.82, 2.24) is 9.97 Å². The zero-order chi connectivity index (χ0) is 18.4. The summed E-state index contributed by atoms with van der Waals surface area (Å²) in [6.45, 7) is 0. The predicted molar refractivity (Wildman–Crippen MR) is 101 cm³/mol. The fourth-order valence-corrected chi connectivity index (χ4v) is 2.61. The third-order valence-corrected chi connectivity index (χ3v) is 3.96. The first-order valence-electron chi connectivity index (χ1n) is 8.22. The Labute approximate surface area is 152 Å². The van der Waals surface area contributed by atoms with Crippen LogP contribution in [0.15, 0.2) is 67.0 Å². The average Bonchev–Trinajstić information content (AvgIpc) is 2.68. The number of esters is 1. The van der Waals surface area contributed by atoms with Crippen LogP contribution < -0.4 is 11.1 Å². The highest BCUT2D eigenvalue weighted by atomic mass is 16.5. The number of nitrogens with zero attached hydrogens (tertiary/aromatic N) is 2. The third kappa shape index (κ3) is 4.36. The van der Waals surface area contributed by atoms with E-state index in [-0.39, 0.29) is 5.97 Å². The van der Waals surface area contributed by atoms with Crippen LogP contribution in [0.4, 0.5) is 11.5 Å². The largest absolute Gasteiger partial charge is 0.467 e. The minimum Gasteiger partial charge on any atom is -0.467 e. The topological polar surface area (TPSA) is 90.1 Å². The van der Waals surface area contributed by atoms with Gasteiger partial charge in [0.05, 0.1) is 12.8 Å². The van der Waals surface area contributed by atoms with Gasteiger partial charge in [0, 0.05) is 23.7 Å². The van der Waals surface area contributed by atoms with Gasteiger partial charge >= 0.3 is 5.97 Å². The molecule has 3 aromatic rings. The number of nitrogens with two attached hydrogens (primary N) is 1. The molecule has 0 aliphatic rings. The Morgan fingerprint density at radius 2 is 1.85 bits per heavy atom. The molecule has 6 nitrogen and oxygen atoms in total. The second-order valence-electron chi connectivity index (χ2n) is 5.82. The summed E-state index contributed by atoms with van der Waals surface area (Å²) < 4.78 is 4.93. The summed E-state index contributed by atoms with van der Waals surface area (Å²) in [7, 11) is 1.38. The molecule has 1 atom stereocenters. The van der Waals surface area contributed by atoms with Gasteiger partial charge in [-0.05, 0) is 17.7 Å². The molecule has 0 saturated heterocycles. The van der Waals surface area contributed by atoms with Gasteiger partial charge in [0.1, 0.15) is 18.2 Å². The molecule has 0 bridgehead atoms. The van der Waals surface area contributed by atoms with Crippen molar-refractivity contribution < 1.29 is 9.53 Å². The molecular formula is C20H20N4O2. The van der Waals surface area contributed by atoms with Crippen molar-refractivity contribution in [2.75, 3.05) is 18.2 Å². The number of methoxy groups -OCH3 is 1. The van der Waals surface area contributed by atoms with E-state index >= 15 is 0 Å². The van der Waals surface area contributed by atoms with Gasteiger partial charge in [-0.2, -0.15) is 0 Å². The van der Waals surface area contributed by atoms with Gasteiger partial charge in [-0.15, -0.1) is 0 Å². The number of aromatic nitrogens is 2. The van der Waals surface area contributed by atoms with Gasteiger partial charge in [0.25, 0.3) is 0 Å². The number of benzene rings is 2. The monoisotopic (exact) mass is 348 g/mol. The van der Waals surface area contributed by atoms with Crippen LogP contribution in [0.5, 0.6) is 0 Å². The minimum absolute atomic E-state index is 0.346. The number of ether oxygens (including phenoxy) is 1. The number of hydrogen-bond acceptors (Lipinski definition) is 6. The maximum atomic E-state index is 12.2. The summed E-state index contributed by atoms with van der Waals surface area (Å²) in [5.41, 5.74) is 9.11. The van der Waals surface area contributed by atoms with E-state index in [1.54, 1.807) is 6.07 Å². The number of nitrogen functional groups attached to an aromatic ring is 1. The second-order valence-corrected chi connectivity index (χ2v) is 5.82. The number of anilines is 2. The molecule has 1 heterocycles. The van der Waals surface area contributed by atoms with Crippen molar-refractivity contribution in [2.45, 2.75) is 12.5 Å². The number of nitrogens with one attached hydrogen (secondary N) is 1. The number of carbonyl (C=O) groups excluding carboxylic acids is 1. The molecule has 0 fully saturated rings. The van der Waals surface area contributed by atoms with E-state index in [2.05, 4.69) is 15.3 Å². The Morgan fingerprint density at radius 3 is 2.54 bits per heavy atom. The predicted octanol–water partition coefficient (Wildman–Crippen LogP) is 2.92. The second kappa shape index (κ2) is 8.11. The van der Waals surface area contributed by atoms with Crippen molar-refractivity contribution in [2.24, 2.45) is 0 Å². The fourth-order valence-electron chi connectivity index (χ4n) is 2.61. The van der Waals surface area contributed by atoms with Crippen LogP contribution in [-0.2, 0) is 16.0 Å². The lowest BCUT2D eigenvalue weighted by Crippen LogP contribution is -2.33. The Balaban J connectivity index is 1.81. The van der Waals surface area contributed by atoms with Crippen molar-refractivity contribution in [3.8, 4) is 11.3 Å². The molecule has 0 radical (unpaired) electrons. The summed E-state index contributed by atoms with van der Waals surface area (Å²) in [6.07, 6.45) is 1.96.